The van der Waals surface area contributed by atoms with E-state index in [1.165, 1.54) is 16.8 Å². The highest BCUT2D eigenvalue weighted by Gasteiger charge is 2.06. The highest BCUT2D eigenvalue weighted by atomic mass is 16.2. The lowest BCUT2D eigenvalue weighted by Crippen LogP contribution is -2.35. The number of carbonyl (C=O) groups is 1. The van der Waals surface area contributed by atoms with Gasteiger partial charge in [0.15, 0.2) is 0 Å². The number of anilines is 1. The molecule has 0 saturated carbocycles. The quantitative estimate of drug-likeness (QED) is 0.481. The topological polar surface area (TPSA) is 114 Å². The number of aromatic amines is 1. The van der Waals surface area contributed by atoms with Gasteiger partial charge in [-0.15, -0.1) is 0 Å². The zero-order chi connectivity index (χ0) is 20.2. The number of benzene rings is 2. The Hall–Kier alpha value is -4.14. The lowest BCUT2D eigenvalue weighted by Gasteiger charge is -2.09. The van der Waals surface area contributed by atoms with Gasteiger partial charge in [0.2, 0.25) is 0 Å². The fourth-order valence-corrected chi connectivity index (χ4v) is 2.95. The largest absolute Gasteiger partial charge is 0.336 e. The Kier molecular flexibility index (Phi) is 4.93. The number of nitrogens with zero attached hydrogens (tertiary/aromatic N) is 3. The molecule has 0 aliphatic rings. The predicted octanol–water partition coefficient (Wildman–Crippen LogP) is 1.70. The highest BCUT2D eigenvalue weighted by Crippen LogP contribution is 2.19. The van der Waals surface area contributed by atoms with Gasteiger partial charge in [-0.3, -0.25) is 14.3 Å². The molecule has 0 unspecified atom stereocenters. The van der Waals surface area contributed by atoms with E-state index >= 15 is 0 Å². The molecule has 29 heavy (non-hydrogen) atoms. The van der Waals surface area contributed by atoms with E-state index in [1.807, 2.05) is 47.3 Å². The number of carbonyl (C=O) groups excluding carboxylic acids is 1. The number of aromatic nitrogens is 4. The summed E-state index contributed by atoms with van der Waals surface area (Å²) in [5.41, 5.74) is 1.55. The maximum Gasteiger partial charge on any atom is 0.328 e. The van der Waals surface area contributed by atoms with Crippen LogP contribution in [0.15, 0.2) is 76.6 Å². The Morgan fingerprint density at radius 1 is 1.03 bits per heavy atom. The van der Waals surface area contributed by atoms with Gasteiger partial charge in [-0.25, -0.2) is 14.3 Å². The van der Waals surface area contributed by atoms with Crippen LogP contribution < -0.4 is 21.9 Å². The second-order valence-electron chi connectivity index (χ2n) is 6.35. The van der Waals surface area contributed by atoms with Gasteiger partial charge in [-0.05, 0) is 30.3 Å². The van der Waals surface area contributed by atoms with E-state index < -0.39 is 11.2 Å². The summed E-state index contributed by atoms with van der Waals surface area (Å²) in [6.07, 6.45) is 3.20. The van der Waals surface area contributed by atoms with Crippen molar-refractivity contribution in [2.24, 2.45) is 0 Å². The van der Waals surface area contributed by atoms with Crippen LogP contribution in [0.25, 0.3) is 16.6 Å². The molecule has 146 valence electrons. The lowest BCUT2D eigenvalue weighted by molar-refractivity contribution is 0.251. The van der Waals surface area contributed by atoms with Crippen molar-refractivity contribution in [2.75, 3.05) is 11.9 Å². The average molecular weight is 390 g/mol. The summed E-state index contributed by atoms with van der Waals surface area (Å²) in [6, 6.07) is 16.1. The molecule has 2 aromatic carbocycles. The van der Waals surface area contributed by atoms with E-state index in [9.17, 15) is 14.4 Å². The molecule has 0 bridgehead atoms. The summed E-state index contributed by atoms with van der Waals surface area (Å²) in [4.78, 5) is 36.8. The number of H-pyrrole nitrogens is 1. The molecule has 9 heteroatoms. The molecule has 2 aromatic heterocycles. The van der Waals surface area contributed by atoms with E-state index in [2.05, 4.69) is 20.7 Å². The van der Waals surface area contributed by atoms with Gasteiger partial charge < -0.3 is 10.6 Å². The third kappa shape index (κ3) is 4.08. The van der Waals surface area contributed by atoms with Crippen LogP contribution in [0.4, 0.5) is 10.5 Å². The molecule has 4 aromatic rings. The Morgan fingerprint density at radius 2 is 1.83 bits per heavy atom. The number of hydrogen-bond donors (Lipinski definition) is 3. The van der Waals surface area contributed by atoms with Crippen molar-refractivity contribution in [1.29, 1.82) is 0 Å². The molecule has 0 radical (unpaired) electrons. The minimum atomic E-state index is -0.513. The van der Waals surface area contributed by atoms with Crippen LogP contribution in [0, 0.1) is 0 Å². The molecule has 3 N–H and O–H groups in total. The standard InChI is InChI=1S/C20H18N6O3/c27-18-9-11-25(20(29)24-18)12-10-21-19(28)23-15-5-7-16(8-6-15)26-17-4-2-1-3-14(17)13-22-26/h1-9,11,13H,10,12H2,(H2,21,23,28)(H,24,27,29). The van der Waals surface area contributed by atoms with Gasteiger partial charge in [0, 0.05) is 36.4 Å². The number of hydrogen-bond acceptors (Lipinski definition) is 4. The SMILES string of the molecule is O=C(NCCn1ccc(=O)[nH]c1=O)Nc1ccc(-n2ncc3ccccc32)cc1. The van der Waals surface area contributed by atoms with E-state index in [0.717, 1.165) is 16.6 Å². The Morgan fingerprint density at radius 3 is 2.62 bits per heavy atom. The Labute approximate surface area is 164 Å². The summed E-state index contributed by atoms with van der Waals surface area (Å²) in [5.74, 6) is 0. The van der Waals surface area contributed by atoms with E-state index in [1.54, 1.807) is 12.1 Å². The molecule has 0 saturated heterocycles. The third-order valence-corrected chi connectivity index (χ3v) is 4.38. The van der Waals surface area contributed by atoms with Crippen LogP contribution in [0.2, 0.25) is 0 Å². The van der Waals surface area contributed by atoms with Crippen molar-refractivity contribution in [2.45, 2.75) is 6.54 Å². The van der Waals surface area contributed by atoms with Crippen molar-refractivity contribution in [3.63, 3.8) is 0 Å². The molecular formula is C20H18N6O3. The zero-order valence-electron chi connectivity index (χ0n) is 15.3. The number of nitrogens with one attached hydrogen (secondary N) is 3. The molecule has 2 heterocycles. The molecule has 4 rings (SSSR count). The molecule has 0 aliphatic carbocycles. The van der Waals surface area contributed by atoms with Crippen molar-refractivity contribution in [3.8, 4) is 5.69 Å². The van der Waals surface area contributed by atoms with Crippen LogP contribution in [0.3, 0.4) is 0 Å². The molecule has 9 nitrogen and oxygen atoms in total. The molecule has 0 spiro atoms. The first-order valence-electron chi connectivity index (χ1n) is 8.98. The van der Waals surface area contributed by atoms with Crippen LogP contribution in [0.1, 0.15) is 0 Å². The number of urea groups is 1. The van der Waals surface area contributed by atoms with Crippen LogP contribution >= 0.6 is 0 Å². The van der Waals surface area contributed by atoms with Gasteiger partial charge in [0.1, 0.15) is 0 Å². The third-order valence-electron chi connectivity index (χ3n) is 4.38. The fourth-order valence-electron chi connectivity index (χ4n) is 2.95. The maximum absolute atomic E-state index is 12.0. The van der Waals surface area contributed by atoms with Gasteiger partial charge in [-0.2, -0.15) is 5.10 Å². The fraction of sp³-hybridized carbons (Fsp3) is 0.100. The second kappa shape index (κ2) is 7.85. The first-order valence-corrected chi connectivity index (χ1v) is 8.98. The average Bonchev–Trinajstić information content (AvgIpc) is 3.14. The zero-order valence-corrected chi connectivity index (χ0v) is 15.3. The van der Waals surface area contributed by atoms with E-state index in [-0.39, 0.29) is 19.1 Å². The lowest BCUT2D eigenvalue weighted by atomic mass is 10.2. The normalized spacial score (nSPS) is 10.8. The first kappa shape index (κ1) is 18.2. The minimum Gasteiger partial charge on any atom is -0.336 e. The van der Waals surface area contributed by atoms with Crippen LogP contribution in [0.5, 0.6) is 0 Å². The molecular weight excluding hydrogens is 372 g/mol. The molecule has 0 atom stereocenters. The van der Waals surface area contributed by atoms with Crippen LogP contribution in [-0.2, 0) is 6.54 Å². The van der Waals surface area contributed by atoms with Gasteiger partial charge in [0.05, 0.1) is 17.4 Å². The number of para-hydroxylation sites is 1. The van der Waals surface area contributed by atoms with E-state index in [4.69, 9.17) is 0 Å². The minimum absolute atomic E-state index is 0.231. The smallest absolute Gasteiger partial charge is 0.328 e. The van der Waals surface area contributed by atoms with Crippen molar-refractivity contribution < 1.29 is 4.79 Å². The number of rotatable bonds is 5. The summed E-state index contributed by atoms with van der Waals surface area (Å²) in [7, 11) is 0. The molecule has 2 amide bonds. The highest BCUT2D eigenvalue weighted by molar-refractivity contribution is 5.89. The van der Waals surface area contributed by atoms with Crippen LogP contribution in [-0.4, -0.2) is 31.9 Å². The Bertz CT molecular complexity index is 1270. The van der Waals surface area contributed by atoms with Gasteiger partial charge in [0.25, 0.3) is 5.56 Å². The molecule has 0 fully saturated rings. The predicted molar refractivity (Wildman–Crippen MR) is 109 cm³/mol. The summed E-state index contributed by atoms with van der Waals surface area (Å²) in [6.45, 7) is 0.476. The number of fused-ring (bicyclic) bond motifs is 1. The van der Waals surface area contributed by atoms with Crippen molar-refractivity contribution in [3.05, 3.63) is 87.8 Å². The second-order valence-corrected chi connectivity index (χ2v) is 6.35. The monoisotopic (exact) mass is 390 g/mol. The Balaban J connectivity index is 1.35. The molecule has 0 aliphatic heterocycles. The van der Waals surface area contributed by atoms with E-state index in [0.29, 0.717) is 5.69 Å². The summed E-state index contributed by atoms with van der Waals surface area (Å²) < 4.78 is 3.14. The van der Waals surface area contributed by atoms with Crippen molar-refractivity contribution in [1.82, 2.24) is 24.6 Å². The maximum atomic E-state index is 12.0. The summed E-state index contributed by atoms with van der Waals surface area (Å²) in [5, 5.41) is 10.9. The first-order chi connectivity index (χ1) is 14.1. The van der Waals surface area contributed by atoms with Gasteiger partial charge in [-0.1, -0.05) is 18.2 Å². The van der Waals surface area contributed by atoms with Crippen molar-refractivity contribution >= 4 is 22.6 Å². The number of amides is 2. The van der Waals surface area contributed by atoms with Gasteiger partial charge >= 0.3 is 11.7 Å². The summed E-state index contributed by atoms with van der Waals surface area (Å²) >= 11 is 0.